The Bertz CT molecular complexity index is 806. The van der Waals surface area contributed by atoms with Crippen LogP contribution in [0.25, 0.3) is 0 Å². The van der Waals surface area contributed by atoms with Gasteiger partial charge >= 0.3 is 7.60 Å². The molecule has 0 fully saturated rings. The second kappa shape index (κ2) is 8.12. The lowest BCUT2D eigenvalue weighted by atomic mass is 9.99. The van der Waals surface area contributed by atoms with Crippen LogP contribution in [0.3, 0.4) is 0 Å². The average Bonchev–Trinajstić information content (AvgIpc) is 2.52. The maximum atomic E-state index is 10.9. The van der Waals surface area contributed by atoms with Crippen molar-refractivity contribution < 1.29 is 24.2 Å². The summed E-state index contributed by atoms with van der Waals surface area (Å²) in [6, 6.07) is 9.10. The number of hydrogen-bond acceptors (Lipinski definition) is 4. The van der Waals surface area contributed by atoms with E-state index in [0.29, 0.717) is 18.0 Å². The zero-order chi connectivity index (χ0) is 19.5. The van der Waals surface area contributed by atoms with Gasteiger partial charge in [0.1, 0.15) is 11.5 Å². The minimum Gasteiger partial charge on any atom is -0.508 e. The van der Waals surface area contributed by atoms with Gasteiger partial charge in [0.15, 0.2) is 6.35 Å². The predicted molar refractivity (Wildman–Crippen MR) is 103 cm³/mol. The summed E-state index contributed by atoms with van der Waals surface area (Å²) in [5.41, 5.74) is 4.78. The number of aryl methyl sites for hydroxylation is 2. The molecule has 2 rings (SSSR count). The van der Waals surface area contributed by atoms with Crippen molar-refractivity contribution in [1.82, 2.24) is 0 Å². The van der Waals surface area contributed by atoms with Crippen LogP contribution >= 0.6 is 7.60 Å². The number of aromatic hydroxyl groups is 1. The molecule has 7 heteroatoms. The molecule has 0 heterocycles. The fourth-order valence-electron chi connectivity index (χ4n) is 2.81. The van der Waals surface area contributed by atoms with Crippen LogP contribution < -0.4 is 10.1 Å². The van der Waals surface area contributed by atoms with E-state index in [2.05, 4.69) is 5.32 Å². The minimum atomic E-state index is -4.20. The van der Waals surface area contributed by atoms with Gasteiger partial charge in [-0.15, -0.1) is 0 Å². The highest BCUT2D eigenvalue weighted by molar-refractivity contribution is 7.51. The fraction of sp³-hybridized carbons (Fsp3) is 0.368. The molecule has 0 aromatic heterocycles. The molecule has 6 nitrogen and oxygen atoms in total. The number of phenolic OH excluding ortho intramolecular Hbond substituents is 1. The van der Waals surface area contributed by atoms with Crippen LogP contribution in [0.2, 0.25) is 0 Å². The highest BCUT2D eigenvalue weighted by atomic mass is 31.2. The molecule has 0 aliphatic heterocycles. The topological polar surface area (TPSA) is 99.0 Å². The fourth-order valence-corrected chi connectivity index (χ4v) is 3.13. The molecule has 2 aromatic carbocycles. The van der Waals surface area contributed by atoms with E-state index in [1.165, 1.54) is 0 Å². The molecule has 142 valence electrons. The largest absolute Gasteiger partial charge is 0.508 e. The smallest absolute Gasteiger partial charge is 0.362 e. The van der Waals surface area contributed by atoms with Gasteiger partial charge in [0.2, 0.25) is 0 Å². The molecule has 0 aliphatic carbocycles. The van der Waals surface area contributed by atoms with Crippen molar-refractivity contribution in [3.63, 3.8) is 0 Å². The molecule has 4 N–H and O–H groups in total. The van der Waals surface area contributed by atoms with Crippen molar-refractivity contribution in [2.45, 2.75) is 40.2 Å². The van der Waals surface area contributed by atoms with Crippen molar-refractivity contribution in [3.8, 4) is 11.5 Å². The second-order valence-electron chi connectivity index (χ2n) is 6.77. The minimum absolute atomic E-state index is 0.240. The maximum absolute atomic E-state index is 10.9. The molecule has 0 aliphatic rings. The second-order valence-corrected chi connectivity index (χ2v) is 8.36. The molecule has 26 heavy (non-hydrogen) atoms. The Hall–Kier alpha value is -2.01. The Balaban J connectivity index is 2.13. The lowest BCUT2D eigenvalue weighted by Crippen LogP contribution is -2.05. The summed E-state index contributed by atoms with van der Waals surface area (Å²) in [5.74, 6) is 0.979. The quantitative estimate of drug-likeness (QED) is 0.537. The molecular weight excluding hydrogens is 353 g/mol. The van der Waals surface area contributed by atoms with E-state index < -0.39 is 13.9 Å². The molecule has 0 radical (unpaired) electrons. The van der Waals surface area contributed by atoms with Gasteiger partial charge in [0.05, 0.1) is 0 Å². The van der Waals surface area contributed by atoms with Crippen LogP contribution in [0, 0.1) is 13.8 Å². The van der Waals surface area contributed by atoms with Crippen molar-refractivity contribution in [2.75, 3.05) is 11.7 Å². The summed E-state index contributed by atoms with van der Waals surface area (Å²) in [4.78, 5) is 17.8. The first-order valence-electron chi connectivity index (χ1n) is 8.41. The lowest BCUT2D eigenvalue weighted by molar-refractivity contribution is 0.300. The van der Waals surface area contributed by atoms with Crippen LogP contribution in [0.5, 0.6) is 11.5 Å². The monoisotopic (exact) mass is 379 g/mol. The summed E-state index contributed by atoms with van der Waals surface area (Å²) in [6.07, 6.45) is -0.635. The van der Waals surface area contributed by atoms with E-state index in [0.717, 1.165) is 27.9 Å². The van der Waals surface area contributed by atoms with Crippen molar-refractivity contribution in [3.05, 3.63) is 52.6 Å². The van der Waals surface area contributed by atoms with Gasteiger partial charge in [-0.2, -0.15) is 0 Å². The number of rotatable bonds is 7. The number of ether oxygens (including phenoxy) is 1. The van der Waals surface area contributed by atoms with Gasteiger partial charge < -0.3 is 24.9 Å². The van der Waals surface area contributed by atoms with Crippen molar-refractivity contribution >= 4 is 13.3 Å². The highest BCUT2D eigenvalue weighted by Gasteiger charge is 2.15. The van der Waals surface area contributed by atoms with E-state index in [1.807, 2.05) is 39.8 Å². The van der Waals surface area contributed by atoms with Crippen LogP contribution in [0.4, 0.5) is 5.69 Å². The first-order chi connectivity index (χ1) is 12.1. The zero-order valence-electron chi connectivity index (χ0n) is 15.5. The number of hydrogen-bond donors (Lipinski definition) is 4. The summed E-state index contributed by atoms with van der Waals surface area (Å²) < 4.78 is 16.1. The highest BCUT2D eigenvalue weighted by Crippen LogP contribution is 2.36. The van der Waals surface area contributed by atoms with Crippen LogP contribution in [-0.4, -0.2) is 21.2 Å². The summed E-state index contributed by atoms with van der Waals surface area (Å²) >= 11 is 0. The van der Waals surface area contributed by atoms with Gasteiger partial charge in [-0.05, 0) is 60.2 Å². The average molecular weight is 379 g/mol. The van der Waals surface area contributed by atoms with E-state index >= 15 is 0 Å². The molecule has 0 amide bonds. The van der Waals surface area contributed by atoms with E-state index in [4.69, 9.17) is 14.5 Å². The van der Waals surface area contributed by atoms with E-state index in [1.54, 1.807) is 18.2 Å². The Morgan fingerprint density at radius 2 is 1.73 bits per heavy atom. The standard InChI is InChI=1S/C19H26NO5P/c1-12(2)17-9-15(5-6-18(17)21)10-20-19-13(3)7-16(8-14(19)4)25-11-26(22,23)24/h5-9,12,20-21H,10-11H2,1-4H3,(H2,22,23,24). The third-order valence-electron chi connectivity index (χ3n) is 4.09. The molecule has 0 saturated heterocycles. The molecule has 0 atom stereocenters. The maximum Gasteiger partial charge on any atom is 0.362 e. The molecule has 0 unspecified atom stereocenters. The first kappa shape index (κ1) is 20.3. The van der Waals surface area contributed by atoms with Crippen LogP contribution in [-0.2, 0) is 11.1 Å². The van der Waals surface area contributed by atoms with Gasteiger partial charge in [-0.1, -0.05) is 26.0 Å². The number of benzene rings is 2. The van der Waals surface area contributed by atoms with Gasteiger partial charge in [0.25, 0.3) is 0 Å². The Morgan fingerprint density at radius 3 is 2.27 bits per heavy atom. The van der Waals surface area contributed by atoms with Gasteiger partial charge in [0, 0.05) is 12.2 Å². The Kier molecular flexibility index (Phi) is 6.34. The number of nitrogens with one attached hydrogen (secondary N) is 1. The molecule has 0 spiro atoms. The SMILES string of the molecule is Cc1cc(OCP(=O)(O)O)cc(C)c1NCc1ccc(O)c(C(C)C)c1. The van der Waals surface area contributed by atoms with Crippen molar-refractivity contribution in [1.29, 1.82) is 0 Å². The molecular formula is C19H26NO5P. The summed E-state index contributed by atoms with van der Waals surface area (Å²) in [7, 11) is -4.20. The summed E-state index contributed by atoms with van der Waals surface area (Å²) in [6.45, 7) is 8.50. The summed E-state index contributed by atoms with van der Waals surface area (Å²) in [5, 5.41) is 13.3. The van der Waals surface area contributed by atoms with E-state index in [9.17, 15) is 9.67 Å². The van der Waals surface area contributed by atoms with Crippen LogP contribution in [0.1, 0.15) is 42.0 Å². The van der Waals surface area contributed by atoms with E-state index in [-0.39, 0.29) is 5.92 Å². The zero-order valence-corrected chi connectivity index (χ0v) is 16.4. The lowest BCUT2D eigenvalue weighted by Gasteiger charge is -2.16. The third kappa shape index (κ3) is 5.49. The number of phenols is 1. The number of anilines is 1. The Labute approximate surface area is 154 Å². The third-order valence-corrected chi connectivity index (χ3v) is 4.55. The van der Waals surface area contributed by atoms with Crippen molar-refractivity contribution in [2.24, 2.45) is 0 Å². The van der Waals surface area contributed by atoms with Gasteiger partial charge in [-0.3, -0.25) is 4.57 Å². The Morgan fingerprint density at radius 1 is 1.12 bits per heavy atom. The van der Waals surface area contributed by atoms with Crippen LogP contribution in [0.15, 0.2) is 30.3 Å². The molecule has 2 aromatic rings. The first-order valence-corrected chi connectivity index (χ1v) is 10.2. The molecule has 0 bridgehead atoms. The van der Waals surface area contributed by atoms with Gasteiger partial charge in [-0.25, -0.2) is 0 Å². The normalized spacial score (nSPS) is 11.7. The molecule has 0 saturated carbocycles. The predicted octanol–water partition coefficient (Wildman–Crippen LogP) is 4.26.